The van der Waals surface area contributed by atoms with Crippen molar-refractivity contribution in [2.24, 2.45) is 0 Å². The molecule has 1 aromatic rings. The number of hydrogen-bond acceptors (Lipinski definition) is 2. The van der Waals surface area contributed by atoms with Gasteiger partial charge in [-0.25, -0.2) is 8.78 Å². The maximum Gasteiger partial charge on any atom is 0.130 e. The highest BCUT2D eigenvalue weighted by atomic mass is 19.1. The van der Waals surface area contributed by atoms with Crippen molar-refractivity contribution in [1.29, 1.82) is 5.26 Å². The second-order valence-corrected chi connectivity index (χ2v) is 3.54. The lowest BCUT2D eigenvalue weighted by molar-refractivity contribution is 0.262. The third-order valence-corrected chi connectivity index (χ3v) is 2.38. The fourth-order valence-electron chi connectivity index (χ4n) is 1.41. The average molecular weight is 211 g/mol. The molecule has 0 radical (unpaired) electrons. The number of aliphatic hydroxyl groups is 1. The van der Waals surface area contributed by atoms with E-state index >= 15 is 0 Å². The van der Waals surface area contributed by atoms with Crippen LogP contribution in [0.2, 0.25) is 0 Å². The minimum atomic E-state index is -1.12. The van der Waals surface area contributed by atoms with E-state index < -0.39 is 17.0 Å². The summed E-state index contributed by atoms with van der Waals surface area (Å²) < 4.78 is 26.0. The van der Waals surface area contributed by atoms with E-state index in [2.05, 4.69) is 0 Å². The molecule has 0 aliphatic rings. The second kappa shape index (κ2) is 4.37. The van der Waals surface area contributed by atoms with Gasteiger partial charge in [0.25, 0.3) is 0 Å². The monoisotopic (exact) mass is 211 g/mol. The normalized spacial score (nSPS) is 14.3. The number of hydrogen-bond donors (Lipinski definition) is 1. The molecule has 0 bridgehead atoms. The lowest BCUT2D eigenvalue weighted by Crippen LogP contribution is -2.22. The predicted molar refractivity (Wildman–Crippen MR) is 51.0 cm³/mol. The van der Waals surface area contributed by atoms with Crippen LogP contribution in [0.4, 0.5) is 8.78 Å². The smallest absolute Gasteiger partial charge is 0.130 e. The van der Waals surface area contributed by atoms with Crippen LogP contribution >= 0.6 is 0 Å². The Morgan fingerprint density at radius 3 is 2.60 bits per heavy atom. The average Bonchev–Trinajstić information content (AvgIpc) is 2.17. The molecule has 1 aromatic carbocycles. The topological polar surface area (TPSA) is 44.0 Å². The molecule has 1 rings (SSSR count). The number of nitriles is 1. The molecular formula is C11H11F2NO. The minimum Gasteiger partial charge on any atom is -0.396 e. The van der Waals surface area contributed by atoms with Crippen molar-refractivity contribution in [3.63, 3.8) is 0 Å². The third kappa shape index (κ3) is 2.31. The summed E-state index contributed by atoms with van der Waals surface area (Å²) in [6.45, 7) is 1.29. The number of benzene rings is 1. The summed E-state index contributed by atoms with van der Waals surface area (Å²) in [5.74, 6) is -1.44. The van der Waals surface area contributed by atoms with Crippen LogP contribution in [0, 0.1) is 23.0 Å². The number of halogens is 2. The van der Waals surface area contributed by atoms with Crippen molar-refractivity contribution in [3.8, 4) is 6.07 Å². The standard InChI is InChI=1S/C11H11F2NO/c1-11(7-14,4-5-15)9-3-2-8(12)6-10(9)13/h2-3,6,15H,4-5H2,1H3. The summed E-state index contributed by atoms with van der Waals surface area (Å²) in [7, 11) is 0. The van der Waals surface area contributed by atoms with Gasteiger partial charge >= 0.3 is 0 Å². The Balaban J connectivity index is 3.19. The third-order valence-electron chi connectivity index (χ3n) is 2.38. The summed E-state index contributed by atoms with van der Waals surface area (Å²) in [6, 6.07) is 5.01. The Kier molecular flexibility index (Phi) is 3.38. The molecule has 0 spiro atoms. The first-order valence-corrected chi connectivity index (χ1v) is 4.51. The first-order valence-electron chi connectivity index (χ1n) is 4.51. The van der Waals surface area contributed by atoms with Gasteiger partial charge in [0.2, 0.25) is 0 Å². The molecule has 0 aromatic heterocycles. The lowest BCUT2D eigenvalue weighted by Gasteiger charge is -2.21. The van der Waals surface area contributed by atoms with E-state index in [1.165, 1.54) is 13.0 Å². The van der Waals surface area contributed by atoms with Crippen LogP contribution in [-0.2, 0) is 5.41 Å². The quantitative estimate of drug-likeness (QED) is 0.832. The minimum absolute atomic E-state index is 0.112. The van der Waals surface area contributed by atoms with Crippen molar-refractivity contribution in [3.05, 3.63) is 35.4 Å². The molecule has 4 heteroatoms. The number of rotatable bonds is 3. The Morgan fingerprint density at radius 1 is 1.47 bits per heavy atom. The molecule has 1 atom stereocenters. The summed E-state index contributed by atoms with van der Waals surface area (Å²) in [4.78, 5) is 0. The van der Waals surface area contributed by atoms with E-state index in [1.807, 2.05) is 6.07 Å². The zero-order valence-corrected chi connectivity index (χ0v) is 8.30. The van der Waals surface area contributed by atoms with Crippen LogP contribution < -0.4 is 0 Å². The van der Waals surface area contributed by atoms with Gasteiger partial charge in [-0.15, -0.1) is 0 Å². The highest BCUT2D eigenvalue weighted by Gasteiger charge is 2.29. The van der Waals surface area contributed by atoms with Gasteiger partial charge in [0.1, 0.15) is 11.6 Å². The van der Waals surface area contributed by atoms with E-state index in [-0.39, 0.29) is 18.6 Å². The Hall–Kier alpha value is -1.47. The van der Waals surface area contributed by atoms with Crippen LogP contribution in [0.25, 0.3) is 0 Å². The first-order chi connectivity index (χ1) is 7.03. The maximum atomic E-state index is 13.4. The van der Waals surface area contributed by atoms with Crippen molar-refractivity contribution in [1.82, 2.24) is 0 Å². The largest absolute Gasteiger partial charge is 0.396 e. The van der Waals surface area contributed by atoms with E-state index in [9.17, 15) is 8.78 Å². The first kappa shape index (κ1) is 11.6. The fourth-order valence-corrected chi connectivity index (χ4v) is 1.41. The Bertz CT molecular complexity index is 400. The number of nitrogens with zero attached hydrogens (tertiary/aromatic N) is 1. The van der Waals surface area contributed by atoms with Crippen LogP contribution in [0.15, 0.2) is 18.2 Å². The van der Waals surface area contributed by atoms with Crippen LogP contribution in [0.3, 0.4) is 0 Å². The molecule has 0 heterocycles. The molecule has 15 heavy (non-hydrogen) atoms. The van der Waals surface area contributed by atoms with E-state index in [0.717, 1.165) is 12.1 Å². The molecule has 2 nitrogen and oxygen atoms in total. The van der Waals surface area contributed by atoms with Gasteiger partial charge in [0.05, 0.1) is 11.5 Å². The van der Waals surface area contributed by atoms with Gasteiger partial charge in [-0.2, -0.15) is 5.26 Å². The summed E-state index contributed by atoms with van der Waals surface area (Å²) in [5, 5.41) is 17.7. The molecule has 1 N–H and O–H groups in total. The molecule has 0 fully saturated rings. The number of aliphatic hydroxyl groups excluding tert-OH is 1. The molecule has 0 saturated carbocycles. The van der Waals surface area contributed by atoms with E-state index in [1.54, 1.807) is 0 Å². The Morgan fingerprint density at radius 2 is 2.13 bits per heavy atom. The van der Waals surface area contributed by atoms with Gasteiger partial charge < -0.3 is 5.11 Å². The SMILES string of the molecule is CC(C#N)(CCO)c1ccc(F)cc1F. The molecule has 80 valence electrons. The zero-order chi connectivity index (χ0) is 11.5. The van der Waals surface area contributed by atoms with Crippen LogP contribution in [0.5, 0.6) is 0 Å². The molecule has 0 amide bonds. The van der Waals surface area contributed by atoms with Gasteiger partial charge in [-0.1, -0.05) is 6.07 Å². The fraction of sp³-hybridized carbons (Fsp3) is 0.364. The van der Waals surface area contributed by atoms with Crippen LogP contribution in [-0.4, -0.2) is 11.7 Å². The van der Waals surface area contributed by atoms with Crippen LogP contribution in [0.1, 0.15) is 18.9 Å². The predicted octanol–water partition coefficient (Wildman–Crippen LogP) is 2.13. The van der Waals surface area contributed by atoms with Crippen molar-refractivity contribution in [2.75, 3.05) is 6.61 Å². The second-order valence-electron chi connectivity index (χ2n) is 3.54. The Labute approximate surface area is 86.8 Å². The summed E-state index contributed by atoms with van der Waals surface area (Å²) in [5.41, 5.74) is -1.01. The van der Waals surface area contributed by atoms with Crippen molar-refractivity contribution in [2.45, 2.75) is 18.8 Å². The highest BCUT2D eigenvalue weighted by Crippen LogP contribution is 2.29. The van der Waals surface area contributed by atoms with Gasteiger partial charge in [-0.05, 0) is 19.4 Å². The maximum absolute atomic E-state index is 13.4. The highest BCUT2D eigenvalue weighted by molar-refractivity contribution is 5.32. The molecule has 0 aliphatic heterocycles. The van der Waals surface area contributed by atoms with Gasteiger partial charge in [-0.3, -0.25) is 0 Å². The van der Waals surface area contributed by atoms with E-state index in [0.29, 0.717) is 0 Å². The lowest BCUT2D eigenvalue weighted by atomic mass is 9.81. The van der Waals surface area contributed by atoms with Crippen molar-refractivity contribution < 1.29 is 13.9 Å². The zero-order valence-electron chi connectivity index (χ0n) is 8.30. The molecular weight excluding hydrogens is 200 g/mol. The molecule has 0 aliphatic carbocycles. The van der Waals surface area contributed by atoms with Gasteiger partial charge in [0, 0.05) is 18.2 Å². The summed E-state index contributed by atoms with van der Waals surface area (Å²) >= 11 is 0. The van der Waals surface area contributed by atoms with Gasteiger partial charge in [0.15, 0.2) is 0 Å². The summed E-state index contributed by atoms with van der Waals surface area (Å²) in [6.07, 6.45) is 0.117. The molecule has 0 saturated heterocycles. The van der Waals surface area contributed by atoms with Crippen molar-refractivity contribution >= 4 is 0 Å². The molecule has 1 unspecified atom stereocenters. The van der Waals surface area contributed by atoms with E-state index in [4.69, 9.17) is 10.4 Å².